The van der Waals surface area contributed by atoms with E-state index < -0.39 is 0 Å². The van der Waals surface area contributed by atoms with Crippen molar-refractivity contribution in [1.82, 2.24) is 4.90 Å². The minimum absolute atomic E-state index is 0.0681. The molecule has 0 saturated heterocycles. The van der Waals surface area contributed by atoms with Crippen LogP contribution in [-0.2, 0) is 4.79 Å². The lowest BCUT2D eigenvalue weighted by Crippen LogP contribution is -2.46. The van der Waals surface area contributed by atoms with Gasteiger partial charge in [-0.25, -0.2) is 0 Å². The van der Waals surface area contributed by atoms with E-state index >= 15 is 0 Å². The fraction of sp³-hybridized carbons (Fsp3) is 0.778. The van der Waals surface area contributed by atoms with E-state index in [4.69, 9.17) is 5.26 Å². The molecule has 4 fully saturated rings. The van der Waals surface area contributed by atoms with Crippen molar-refractivity contribution in [3.8, 4) is 6.07 Å². The first-order valence-corrected chi connectivity index (χ1v) is 8.33. The maximum absolute atomic E-state index is 12.3. The Morgan fingerprint density at radius 2 is 1.76 bits per heavy atom. The van der Waals surface area contributed by atoms with Gasteiger partial charge in [0.15, 0.2) is 0 Å². The average Bonchev–Trinajstić information content (AvgIpc) is 2.43. The number of nitrogens with zero attached hydrogens (tertiary/aromatic N) is 2. The van der Waals surface area contributed by atoms with Crippen LogP contribution in [0.1, 0.15) is 51.9 Å². The summed E-state index contributed by atoms with van der Waals surface area (Å²) in [6.45, 7) is 2.70. The van der Waals surface area contributed by atoms with Gasteiger partial charge in [-0.2, -0.15) is 5.26 Å². The lowest BCUT2D eigenvalue weighted by molar-refractivity contribution is -0.125. The van der Waals surface area contributed by atoms with Crippen molar-refractivity contribution in [2.45, 2.75) is 51.9 Å². The molecule has 4 aliphatic carbocycles. The number of nitriles is 1. The van der Waals surface area contributed by atoms with E-state index in [1.165, 1.54) is 44.1 Å². The van der Waals surface area contributed by atoms with Gasteiger partial charge in [0.25, 0.3) is 0 Å². The molecule has 4 bridgehead atoms. The zero-order valence-electron chi connectivity index (χ0n) is 13.3. The normalized spacial score (nSPS) is 37.4. The highest BCUT2D eigenvalue weighted by atomic mass is 16.2. The zero-order chi connectivity index (χ0) is 15.0. The number of hydrogen-bond acceptors (Lipinski definition) is 2. The summed E-state index contributed by atoms with van der Waals surface area (Å²) in [6, 6.07) is 2.10. The van der Waals surface area contributed by atoms with Crippen LogP contribution in [0, 0.1) is 34.5 Å². The summed E-state index contributed by atoms with van der Waals surface area (Å²) in [5, 5.41) is 8.63. The molecule has 3 heteroatoms. The molecule has 21 heavy (non-hydrogen) atoms. The Morgan fingerprint density at radius 3 is 2.24 bits per heavy atom. The lowest BCUT2D eigenvalue weighted by atomic mass is 9.48. The number of carbonyl (C=O) groups excluding carboxylic acids is 1. The first-order valence-electron chi connectivity index (χ1n) is 8.33. The van der Waals surface area contributed by atoms with E-state index in [1.807, 2.05) is 6.08 Å². The van der Waals surface area contributed by atoms with Crippen LogP contribution >= 0.6 is 0 Å². The molecule has 1 amide bonds. The van der Waals surface area contributed by atoms with Crippen LogP contribution in [0.4, 0.5) is 0 Å². The highest BCUT2D eigenvalue weighted by Gasteiger charge is 2.51. The molecule has 0 spiro atoms. The molecule has 0 radical (unpaired) electrons. The number of carbonyl (C=O) groups is 1. The van der Waals surface area contributed by atoms with Gasteiger partial charge in [0.2, 0.25) is 5.91 Å². The van der Waals surface area contributed by atoms with Gasteiger partial charge < -0.3 is 4.90 Å². The molecule has 0 N–H and O–H groups in total. The molecule has 0 aromatic rings. The predicted octanol–water partition coefficient (Wildman–Crippen LogP) is 3.52. The highest BCUT2D eigenvalue weighted by Crippen LogP contribution is 2.62. The summed E-state index contributed by atoms with van der Waals surface area (Å²) in [4.78, 5) is 14.0. The van der Waals surface area contributed by atoms with Gasteiger partial charge in [0, 0.05) is 19.7 Å². The van der Waals surface area contributed by atoms with Crippen molar-refractivity contribution < 1.29 is 4.79 Å². The van der Waals surface area contributed by atoms with E-state index in [1.54, 1.807) is 11.9 Å². The summed E-state index contributed by atoms with van der Waals surface area (Å²) in [5.41, 5.74) is 1.62. The molecule has 3 nitrogen and oxygen atoms in total. The smallest absolute Gasteiger partial charge is 0.246 e. The molecule has 0 unspecified atom stereocenters. The van der Waals surface area contributed by atoms with Crippen LogP contribution in [-0.4, -0.2) is 24.4 Å². The van der Waals surface area contributed by atoms with Gasteiger partial charge in [-0.15, -0.1) is 0 Å². The Hall–Kier alpha value is -1.30. The van der Waals surface area contributed by atoms with Crippen LogP contribution in [0.3, 0.4) is 0 Å². The Labute approximate surface area is 128 Å². The maximum atomic E-state index is 12.3. The van der Waals surface area contributed by atoms with Crippen molar-refractivity contribution >= 4 is 5.91 Å². The summed E-state index contributed by atoms with van der Waals surface area (Å²) in [5.74, 6) is 2.79. The fourth-order valence-electron chi connectivity index (χ4n) is 5.37. The first-order chi connectivity index (χ1) is 10.0. The molecule has 0 atom stereocenters. The topological polar surface area (TPSA) is 44.1 Å². The second-order valence-electron chi connectivity index (χ2n) is 7.69. The molecule has 0 aliphatic heterocycles. The average molecular weight is 286 g/mol. The number of hydrogen-bond donors (Lipinski definition) is 0. The minimum atomic E-state index is 0.0681. The number of rotatable bonds is 4. The van der Waals surface area contributed by atoms with Crippen LogP contribution in [0.2, 0.25) is 0 Å². The van der Waals surface area contributed by atoms with Crippen LogP contribution in [0.15, 0.2) is 11.6 Å². The lowest BCUT2D eigenvalue weighted by Gasteiger charge is -2.57. The van der Waals surface area contributed by atoms with Crippen molar-refractivity contribution in [2.75, 3.05) is 13.6 Å². The van der Waals surface area contributed by atoms with Crippen LogP contribution in [0.5, 0.6) is 0 Å². The Bertz CT molecular complexity index is 465. The second-order valence-corrected chi connectivity index (χ2v) is 7.69. The van der Waals surface area contributed by atoms with Gasteiger partial charge in [0.05, 0.1) is 12.5 Å². The molecule has 114 valence electrons. The highest BCUT2D eigenvalue weighted by molar-refractivity contribution is 5.88. The molecule has 4 rings (SSSR count). The summed E-state index contributed by atoms with van der Waals surface area (Å²) in [7, 11) is 1.79. The zero-order valence-corrected chi connectivity index (χ0v) is 13.3. The Balaban J connectivity index is 1.72. The van der Waals surface area contributed by atoms with Crippen LogP contribution < -0.4 is 0 Å². The Kier molecular flexibility index (Phi) is 3.82. The van der Waals surface area contributed by atoms with Gasteiger partial charge in [-0.1, -0.05) is 5.57 Å². The van der Waals surface area contributed by atoms with Crippen molar-refractivity contribution in [2.24, 2.45) is 23.2 Å². The first kappa shape index (κ1) is 14.6. The standard InChI is InChI=1S/C18H26N2O/c1-13(6-17(21)20(2)5-3-4-19)18-10-14-7-15(11-18)9-16(8-14)12-18/h6,14-16H,3,5,7-12H2,1-2H3/b13-6-. The third kappa shape index (κ3) is 2.73. The van der Waals surface area contributed by atoms with Gasteiger partial charge in [-0.05, 0) is 68.6 Å². The monoisotopic (exact) mass is 286 g/mol. The van der Waals surface area contributed by atoms with Gasteiger partial charge in [-0.3, -0.25) is 4.79 Å². The summed E-state index contributed by atoms with van der Waals surface area (Å²) >= 11 is 0. The van der Waals surface area contributed by atoms with E-state index in [0.29, 0.717) is 18.4 Å². The van der Waals surface area contributed by atoms with E-state index in [9.17, 15) is 4.79 Å². The second kappa shape index (κ2) is 5.48. The molecule has 4 aliphatic rings. The third-order valence-electron chi connectivity index (χ3n) is 6.15. The molecular formula is C18H26N2O. The quantitative estimate of drug-likeness (QED) is 0.742. The molecule has 0 heterocycles. The maximum Gasteiger partial charge on any atom is 0.246 e. The van der Waals surface area contributed by atoms with E-state index in [0.717, 1.165) is 17.8 Å². The molecule has 0 aromatic carbocycles. The van der Waals surface area contributed by atoms with Crippen LogP contribution in [0.25, 0.3) is 0 Å². The molecule has 4 saturated carbocycles. The number of likely N-dealkylation sites (N-methyl/N-ethyl adjacent to an activating group) is 1. The molecule has 0 aromatic heterocycles. The predicted molar refractivity (Wildman–Crippen MR) is 82.2 cm³/mol. The summed E-state index contributed by atoms with van der Waals surface area (Å²) in [6.07, 6.45) is 10.5. The molecular weight excluding hydrogens is 260 g/mol. The summed E-state index contributed by atoms with van der Waals surface area (Å²) < 4.78 is 0. The van der Waals surface area contributed by atoms with Crippen molar-refractivity contribution in [1.29, 1.82) is 5.26 Å². The van der Waals surface area contributed by atoms with E-state index in [2.05, 4.69) is 13.0 Å². The SMILES string of the molecule is C/C(=C/C(=O)N(C)CCC#N)C12CC3CC(CC(C3)C1)C2. The minimum Gasteiger partial charge on any atom is -0.341 e. The third-order valence-corrected chi connectivity index (χ3v) is 6.15. The van der Waals surface area contributed by atoms with Gasteiger partial charge >= 0.3 is 0 Å². The fourth-order valence-corrected chi connectivity index (χ4v) is 5.37. The van der Waals surface area contributed by atoms with Crippen molar-refractivity contribution in [3.63, 3.8) is 0 Å². The van der Waals surface area contributed by atoms with Gasteiger partial charge in [0.1, 0.15) is 0 Å². The van der Waals surface area contributed by atoms with Crippen molar-refractivity contribution in [3.05, 3.63) is 11.6 Å². The van der Waals surface area contributed by atoms with E-state index in [-0.39, 0.29) is 5.91 Å². The number of amides is 1. The number of allylic oxidation sites excluding steroid dienone is 1. The Morgan fingerprint density at radius 1 is 1.24 bits per heavy atom. The largest absolute Gasteiger partial charge is 0.341 e.